The van der Waals surface area contributed by atoms with E-state index in [1.165, 1.54) is 11.0 Å². The summed E-state index contributed by atoms with van der Waals surface area (Å²) < 4.78 is 26.5. The van der Waals surface area contributed by atoms with Gasteiger partial charge in [-0.25, -0.2) is 8.42 Å². The second kappa shape index (κ2) is 13.0. The first-order valence-electron chi connectivity index (χ1n) is 12.6. The van der Waals surface area contributed by atoms with E-state index in [0.29, 0.717) is 6.42 Å². The zero-order valence-electron chi connectivity index (χ0n) is 21.5. The SMILES string of the molecule is CC[C@H](C(=O)NC1CCCCC1)N(Cc1ccccc1C)C(=O)CN(c1cccc(Cl)c1Cl)S(C)(=O)=O. The highest BCUT2D eigenvalue weighted by Crippen LogP contribution is 2.34. The first-order chi connectivity index (χ1) is 17.5. The van der Waals surface area contributed by atoms with Gasteiger partial charge in [0.15, 0.2) is 0 Å². The Labute approximate surface area is 230 Å². The van der Waals surface area contributed by atoms with Crippen LogP contribution in [0.25, 0.3) is 0 Å². The predicted octanol–water partition coefficient (Wildman–Crippen LogP) is 5.32. The van der Waals surface area contributed by atoms with Gasteiger partial charge in [0.2, 0.25) is 21.8 Å². The lowest BCUT2D eigenvalue weighted by Crippen LogP contribution is -2.54. The van der Waals surface area contributed by atoms with E-state index in [2.05, 4.69) is 5.32 Å². The minimum absolute atomic E-state index is 0.0370. The van der Waals surface area contributed by atoms with Crippen molar-refractivity contribution in [3.8, 4) is 0 Å². The fraction of sp³-hybridized carbons (Fsp3) is 0.481. The minimum atomic E-state index is -3.90. The molecule has 0 heterocycles. The highest BCUT2D eigenvalue weighted by molar-refractivity contribution is 7.92. The molecule has 0 aliphatic heterocycles. The molecule has 2 aromatic rings. The molecule has 37 heavy (non-hydrogen) atoms. The van der Waals surface area contributed by atoms with Crippen molar-refractivity contribution in [2.24, 2.45) is 0 Å². The van der Waals surface area contributed by atoms with Gasteiger partial charge >= 0.3 is 0 Å². The molecule has 202 valence electrons. The maximum atomic E-state index is 13.8. The molecule has 0 saturated heterocycles. The number of rotatable bonds is 10. The van der Waals surface area contributed by atoms with E-state index in [9.17, 15) is 18.0 Å². The quantitative estimate of drug-likeness (QED) is 0.420. The molecule has 3 rings (SSSR count). The number of anilines is 1. The van der Waals surface area contributed by atoms with Crippen molar-refractivity contribution in [3.05, 3.63) is 63.6 Å². The van der Waals surface area contributed by atoms with Gasteiger partial charge in [0.25, 0.3) is 0 Å². The van der Waals surface area contributed by atoms with Crippen LogP contribution in [0.4, 0.5) is 5.69 Å². The van der Waals surface area contributed by atoms with Crippen molar-refractivity contribution < 1.29 is 18.0 Å². The van der Waals surface area contributed by atoms with Crippen LogP contribution in [0, 0.1) is 6.92 Å². The van der Waals surface area contributed by atoms with Gasteiger partial charge in [-0.05, 0) is 49.4 Å². The highest BCUT2D eigenvalue weighted by atomic mass is 35.5. The number of carbonyl (C=O) groups is 2. The zero-order valence-corrected chi connectivity index (χ0v) is 23.9. The van der Waals surface area contributed by atoms with Crippen LogP contribution in [-0.2, 0) is 26.2 Å². The smallest absolute Gasteiger partial charge is 0.244 e. The van der Waals surface area contributed by atoms with Gasteiger partial charge in [-0.15, -0.1) is 0 Å². The van der Waals surface area contributed by atoms with Crippen LogP contribution in [0.3, 0.4) is 0 Å². The number of sulfonamides is 1. The third-order valence-corrected chi connectivity index (χ3v) is 8.75. The lowest BCUT2D eigenvalue weighted by molar-refractivity contribution is -0.140. The van der Waals surface area contributed by atoms with E-state index >= 15 is 0 Å². The normalized spacial score (nSPS) is 15.2. The van der Waals surface area contributed by atoms with Gasteiger partial charge in [0.05, 0.1) is 22.0 Å². The van der Waals surface area contributed by atoms with Gasteiger partial charge in [0, 0.05) is 12.6 Å². The monoisotopic (exact) mass is 567 g/mol. The minimum Gasteiger partial charge on any atom is -0.352 e. The molecule has 2 amide bonds. The first-order valence-corrected chi connectivity index (χ1v) is 15.2. The summed E-state index contributed by atoms with van der Waals surface area (Å²) in [6, 6.07) is 11.6. The summed E-state index contributed by atoms with van der Waals surface area (Å²) in [5, 5.41) is 3.35. The predicted molar refractivity (Wildman–Crippen MR) is 149 cm³/mol. The molecule has 10 heteroatoms. The summed E-state index contributed by atoms with van der Waals surface area (Å²) in [4.78, 5) is 28.8. The molecule has 1 aliphatic carbocycles. The van der Waals surface area contributed by atoms with Gasteiger partial charge in [0.1, 0.15) is 12.6 Å². The van der Waals surface area contributed by atoms with Crippen LogP contribution >= 0.6 is 23.2 Å². The van der Waals surface area contributed by atoms with E-state index in [1.54, 1.807) is 12.1 Å². The molecule has 0 radical (unpaired) electrons. The Bertz CT molecular complexity index is 1220. The van der Waals surface area contributed by atoms with E-state index in [4.69, 9.17) is 23.2 Å². The standard InChI is InChI=1S/C27H35Cl2N3O4S/c1-4-23(27(34)30-21-13-6-5-7-14-21)31(17-20-12-9-8-11-19(20)2)25(33)18-32(37(3,35)36)24-16-10-15-22(28)26(24)29/h8-12,15-16,21,23H,4-7,13-14,17-18H2,1-3H3,(H,30,34)/t23-/m1/s1. The molecule has 1 aliphatic rings. The van der Waals surface area contributed by atoms with Crippen molar-refractivity contribution in [1.82, 2.24) is 10.2 Å². The van der Waals surface area contributed by atoms with Crippen LogP contribution in [0.1, 0.15) is 56.6 Å². The van der Waals surface area contributed by atoms with Crippen LogP contribution in [-0.4, -0.2) is 50.0 Å². The largest absolute Gasteiger partial charge is 0.352 e. The fourth-order valence-electron chi connectivity index (χ4n) is 4.71. The molecule has 7 nitrogen and oxygen atoms in total. The molecular formula is C27H35Cl2N3O4S. The number of hydrogen-bond donors (Lipinski definition) is 1. The molecule has 0 aromatic heterocycles. The molecular weight excluding hydrogens is 533 g/mol. The number of carbonyl (C=O) groups excluding carboxylic acids is 2. The molecule has 1 saturated carbocycles. The van der Waals surface area contributed by atoms with Crippen LogP contribution in [0.5, 0.6) is 0 Å². The lowest BCUT2D eigenvalue weighted by atomic mass is 9.95. The molecule has 1 N–H and O–H groups in total. The Balaban J connectivity index is 1.95. The maximum Gasteiger partial charge on any atom is 0.244 e. The Morgan fingerprint density at radius 3 is 2.35 bits per heavy atom. The Hall–Kier alpha value is -2.29. The summed E-state index contributed by atoms with van der Waals surface area (Å²) in [6.45, 7) is 3.45. The van der Waals surface area contributed by atoms with E-state index < -0.39 is 28.5 Å². The summed E-state index contributed by atoms with van der Waals surface area (Å²) >= 11 is 12.5. The average molecular weight is 569 g/mol. The summed E-state index contributed by atoms with van der Waals surface area (Å²) in [7, 11) is -3.90. The molecule has 1 atom stereocenters. The van der Waals surface area contributed by atoms with E-state index in [-0.39, 0.29) is 34.2 Å². The Morgan fingerprint density at radius 1 is 1.05 bits per heavy atom. The second-order valence-corrected chi connectivity index (χ2v) is 12.3. The fourth-order valence-corrected chi connectivity index (χ4v) is 6.02. The number of aryl methyl sites for hydroxylation is 1. The van der Waals surface area contributed by atoms with E-state index in [0.717, 1.165) is 53.8 Å². The van der Waals surface area contributed by atoms with Crippen LogP contribution in [0.15, 0.2) is 42.5 Å². The number of hydrogen-bond acceptors (Lipinski definition) is 4. The average Bonchev–Trinajstić information content (AvgIpc) is 2.85. The van der Waals surface area contributed by atoms with Crippen molar-refractivity contribution in [2.75, 3.05) is 17.1 Å². The highest BCUT2D eigenvalue weighted by Gasteiger charge is 2.33. The van der Waals surface area contributed by atoms with Crippen molar-refractivity contribution >= 4 is 50.7 Å². The topological polar surface area (TPSA) is 86.8 Å². The molecule has 2 aromatic carbocycles. The van der Waals surface area contributed by atoms with Crippen molar-refractivity contribution in [2.45, 2.75) is 71.0 Å². The Morgan fingerprint density at radius 2 is 1.73 bits per heavy atom. The second-order valence-electron chi connectivity index (χ2n) is 9.56. The third kappa shape index (κ3) is 7.62. The Kier molecular flexibility index (Phi) is 10.3. The zero-order chi connectivity index (χ0) is 27.2. The van der Waals surface area contributed by atoms with Gasteiger partial charge in [-0.1, -0.05) is 79.7 Å². The number of nitrogens with one attached hydrogen (secondary N) is 1. The van der Waals surface area contributed by atoms with Crippen LogP contribution < -0.4 is 9.62 Å². The number of halogens is 2. The molecule has 0 unspecified atom stereocenters. The van der Waals surface area contributed by atoms with E-state index in [1.807, 2.05) is 38.1 Å². The summed E-state index contributed by atoms with van der Waals surface area (Å²) in [6.07, 6.45) is 6.53. The number of nitrogens with zero attached hydrogens (tertiary/aromatic N) is 2. The maximum absolute atomic E-state index is 13.8. The summed E-state index contributed by atoms with van der Waals surface area (Å²) in [5.74, 6) is -0.724. The number of amides is 2. The van der Waals surface area contributed by atoms with Gasteiger partial charge in [-0.2, -0.15) is 0 Å². The third-order valence-electron chi connectivity index (χ3n) is 6.82. The van der Waals surface area contributed by atoms with Crippen molar-refractivity contribution in [3.63, 3.8) is 0 Å². The first kappa shape index (κ1) is 29.3. The van der Waals surface area contributed by atoms with Gasteiger partial charge in [-0.3, -0.25) is 13.9 Å². The van der Waals surface area contributed by atoms with Gasteiger partial charge < -0.3 is 10.2 Å². The molecule has 0 bridgehead atoms. The van der Waals surface area contributed by atoms with Crippen molar-refractivity contribution in [1.29, 1.82) is 0 Å². The molecule has 0 spiro atoms. The molecule has 1 fully saturated rings. The number of benzene rings is 2. The van der Waals surface area contributed by atoms with Crippen LogP contribution in [0.2, 0.25) is 10.0 Å². The lowest BCUT2D eigenvalue weighted by Gasteiger charge is -2.34. The summed E-state index contributed by atoms with van der Waals surface area (Å²) in [5.41, 5.74) is 1.97.